The summed E-state index contributed by atoms with van der Waals surface area (Å²) in [6, 6.07) is 0. The second kappa shape index (κ2) is 6.55. The van der Waals surface area contributed by atoms with Crippen LogP contribution in [0.25, 0.3) is 0 Å². The van der Waals surface area contributed by atoms with Crippen molar-refractivity contribution in [2.24, 2.45) is 5.92 Å². The number of nitrogens with one attached hydrogen (secondary N) is 1. The predicted molar refractivity (Wildman–Crippen MR) is 80.5 cm³/mol. The molecule has 1 N–H and O–H groups in total. The zero-order chi connectivity index (χ0) is 13.9. The Morgan fingerprint density at radius 1 is 1.16 bits per heavy atom. The largest absolute Gasteiger partial charge is 0.372 e. The molecule has 3 heteroatoms. The van der Waals surface area contributed by atoms with E-state index in [0.29, 0.717) is 12.2 Å². The minimum Gasteiger partial charge on any atom is -0.372 e. The van der Waals surface area contributed by atoms with Crippen LogP contribution in [0.3, 0.4) is 0 Å². The second-order valence-corrected chi connectivity index (χ2v) is 7.41. The Balaban J connectivity index is 1.65. The summed E-state index contributed by atoms with van der Waals surface area (Å²) in [6.45, 7) is 13.7. The van der Waals surface area contributed by atoms with Crippen molar-refractivity contribution in [3.05, 3.63) is 0 Å². The van der Waals surface area contributed by atoms with Gasteiger partial charge < -0.3 is 15.0 Å². The summed E-state index contributed by atoms with van der Waals surface area (Å²) in [6.07, 6.45) is 6.08. The first-order valence-corrected chi connectivity index (χ1v) is 8.09. The predicted octanol–water partition coefficient (Wildman–Crippen LogP) is 2.65. The Morgan fingerprint density at radius 2 is 1.89 bits per heavy atom. The van der Waals surface area contributed by atoms with Crippen molar-refractivity contribution in [1.82, 2.24) is 10.2 Å². The van der Waals surface area contributed by atoms with E-state index >= 15 is 0 Å². The van der Waals surface area contributed by atoms with Crippen LogP contribution in [0.2, 0.25) is 0 Å². The SMILES string of the molecule is CCC1CCN(CC2CCC(CNC(C)(C)C)O2)C1. The standard InChI is InChI=1S/C16H32N2O/c1-5-13-8-9-18(11-13)12-15-7-6-14(19-15)10-17-16(2,3)4/h13-15,17H,5-12H2,1-4H3. The van der Waals surface area contributed by atoms with Crippen molar-refractivity contribution in [1.29, 1.82) is 0 Å². The molecule has 2 fully saturated rings. The lowest BCUT2D eigenvalue weighted by Gasteiger charge is -2.24. The topological polar surface area (TPSA) is 24.5 Å². The van der Waals surface area contributed by atoms with Gasteiger partial charge in [-0.2, -0.15) is 0 Å². The number of ether oxygens (including phenoxy) is 1. The fraction of sp³-hybridized carbons (Fsp3) is 1.00. The number of hydrogen-bond donors (Lipinski definition) is 1. The van der Waals surface area contributed by atoms with Gasteiger partial charge in [0.2, 0.25) is 0 Å². The fourth-order valence-electron chi connectivity index (χ4n) is 3.18. The molecule has 3 unspecified atom stereocenters. The van der Waals surface area contributed by atoms with E-state index in [-0.39, 0.29) is 5.54 Å². The third-order valence-electron chi connectivity index (χ3n) is 4.46. The molecule has 0 amide bonds. The normalized spacial score (nSPS) is 33.2. The maximum atomic E-state index is 6.18. The molecule has 2 aliphatic heterocycles. The lowest BCUT2D eigenvalue weighted by atomic mass is 10.1. The molecule has 0 saturated carbocycles. The molecule has 2 heterocycles. The summed E-state index contributed by atoms with van der Waals surface area (Å²) in [5.74, 6) is 0.930. The van der Waals surface area contributed by atoms with Gasteiger partial charge in [0.1, 0.15) is 0 Å². The maximum absolute atomic E-state index is 6.18. The number of likely N-dealkylation sites (tertiary alicyclic amines) is 1. The molecule has 19 heavy (non-hydrogen) atoms. The molecule has 0 aromatic carbocycles. The molecule has 3 atom stereocenters. The van der Waals surface area contributed by atoms with Gasteiger partial charge >= 0.3 is 0 Å². The van der Waals surface area contributed by atoms with Crippen LogP contribution < -0.4 is 5.32 Å². The fourth-order valence-corrected chi connectivity index (χ4v) is 3.18. The molecule has 0 aromatic heterocycles. The van der Waals surface area contributed by atoms with Crippen molar-refractivity contribution < 1.29 is 4.74 Å². The van der Waals surface area contributed by atoms with Gasteiger partial charge in [-0.25, -0.2) is 0 Å². The highest BCUT2D eigenvalue weighted by molar-refractivity contribution is 4.83. The van der Waals surface area contributed by atoms with Gasteiger partial charge in [0.15, 0.2) is 0 Å². The average Bonchev–Trinajstić information content (AvgIpc) is 2.95. The summed E-state index contributed by atoms with van der Waals surface area (Å²) >= 11 is 0. The lowest BCUT2D eigenvalue weighted by molar-refractivity contribution is 0.0243. The molecule has 0 radical (unpaired) electrons. The van der Waals surface area contributed by atoms with Gasteiger partial charge in [0.25, 0.3) is 0 Å². The van der Waals surface area contributed by atoms with E-state index < -0.39 is 0 Å². The van der Waals surface area contributed by atoms with Crippen LogP contribution in [-0.4, -0.2) is 48.8 Å². The monoisotopic (exact) mass is 268 g/mol. The van der Waals surface area contributed by atoms with Gasteiger partial charge in [-0.05, 0) is 52.5 Å². The first-order chi connectivity index (χ1) is 8.96. The van der Waals surface area contributed by atoms with Crippen LogP contribution in [0.4, 0.5) is 0 Å². The molecular weight excluding hydrogens is 236 g/mol. The van der Waals surface area contributed by atoms with Crippen molar-refractivity contribution in [2.45, 2.75) is 71.1 Å². The van der Waals surface area contributed by atoms with E-state index in [1.165, 1.54) is 38.8 Å². The van der Waals surface area contributed by atoms with E-state index in [9.17, 15) is 0 Å². The van der Waals surface area contributed by atoms with Gasteiger partial charge in [0, 0.05) is 25.2 Å². The molecule has 2 saturated heterocycles. The summed E-state index contributed by atoms with van der Waals surface area (Å²) in [7, 11) is 0. The first-order valence-electron chi connectivity index (χ1n) is 8.09. The summed E-state index contributed by atoms with van der Waals surface area (Å²) < 4.78 is 6.18. The van der Waals surface area contributed by atoms with E-state index in [1.807, 2.05) is 0 Å². The van der Waals surface area contributed by atoms with E-state index in [0.717, 1.165) is 19.0 Å². The minimum absolute atomic E-state index is 0.199. The molecule has 0 aromatic rings. The minimum atomic E-state index is 0.199. The quantitative estimate of drug-likeness (QED) is 0.829. The third-order valence-corrected chi connectivity index (χ3v) is 4.46. The van der Waals surface area contributed by atoms with Crippen molar-refractivity contribution in [2.75, 3.05) is 26.2 Å². The Kier molecular flexibility index (Phi) is 5.27. The zero-order valence-corrected chi connectivity index (χ0v) is 13.2. The summed E-state index contributed by atoms with van der Waals surface area (Å²) in [5, 5.41) is 3.56. The number of rotatable bonds is 5. The highest BCUT2D eigenvalue weighted by atomic mass is 16.5. The van der Waals surface area contributed by atoms with Crippen molar-refractivity contribution >= 4 is 0 Å². The Morgan fingerprint density at radius 3 is 2.53 bits per heavy atom. The zero-order valence-electron chi connectivity index (χ0n) is 13.2. The van der Waals surface area contributed by atoms with Crippen LogP contribution in [0, 0.1) is 5.92 Å². The Hall–Kier alpha value is -0.120. The van der Waals surface area contributed by atoms with Crippen molar-refractivity contribution in [3.63, 3.8) is 0 Å². The first kappa shape index (κ1) is 15.3. The second-order valence-electron chi connectivity index (χ2n) is 7.41. The molecule has 0 bridgehead atoms. The maximum Gasteiger partial charge on any atom is 0.0707 e. The van der Waals surface area contributed by atoms with Crippen LogP contribution in [0.1, 0.15) is 53.4 Å². The van der Waals surface area contributed by atoms with Crippen LogP contribution in [0.5, 0.6) is 0 Å². The Labute approximate surface area is 119 Å². The van der Waals surface area contributed by atoms with E-state index in [2.05, 4.69) is 37.9 Å². The van der Waals surface area contributed by atoms with Crippen LogP contribution >= 0.6 is 0 Å². The highest BCUT2D eigenvalue weighted by Gasteiger charge is 2.29. The molecule has 0 spiro atoms. The molecule has 2 rings (SSSR count). The van der Waals surface area contributed by atoms with E-state index in [4.69, 9.17) is 4.74 Å². The van der Waals surface area contributed by atoms with Gasteiger partial charge in [0.05, 0.1) is 12.2 Å². The molecule has 2 aliphatic rings. The average molecular weight is 268 g/mol. The van der Waals surface area contributed by atoms with Crippen LogP contribution in [-0.2, 0) is 4.74 Å². The molecular formula is C16H32N2O. The van der Waals surface area contributed by atoms with Gasteiger partial charge in [-0.15, -0.1) is 0 Å². The third kappa shape index (κ3) is 5.05. The van der Waals surface area contributed by atoms with Gasteiger partial charge in [-0.1, -0.05) is 13.3 Å². The summed E-state index contributed by atoms with van der Waals surface area (Å²) in [5.41, 5.74) is 0.199. The highest BCUT2D eigenvalue weighted by Crippen LogP contribution is 2.24. The molecule has 3 nitrogen and oxygen atoms in total. The lowest BCUT2D eigenvalue weighted by Crippen LogP contribution is -2.41. The van der Waals surface area contributed by atoms with E-state index in [1.54, 1.807) is 0 Å². The summed E-state index contributed by atoms with van der Waals surface area (Å²) in [4.78, 5) is 2.61. The molecule has 0 aliphatic carbocycles. The number of hydrogen-bond acceptors (Lipinski definition) is 3. The van der Waals surface area contributed by atoms with Crippen LogP contribution in [0.15, 0.2) is 0 Å². The molecule has 112 valence electrons. The van der Waals surface area contributed by atoms with Crippen molar-refractivity contribution in [3.8, 4) is 0 Å². The Bertz CT molecular complexity index is 274. The smallest absolute Gasteiger partial charge is 0.0707 e. The number of nitrogens with zero attached hydrogens (tertiary/aromatic N) is 1. The van der Waals surface area contributed by atoms with Gasteiger partial charge in [-0.3, -0.25) is 0 Å².